The highest BCUT2D eigenvalue weighted by Crippen LogP contribution is 2.30. The summed E-state index contributed by atoms with van der Waals surface area (Å²) in [5, 5.41) is 6.65. The maximum absolute atomic E-state index is 13.0. The number of sulfone groups is 1. The van der Waals surface area contributed by atoms with E-state index < -0.39 is 61.3 Å². The van der Waals surface area contributed by atoms with Gasteiger partial charge in [-0.3, -0.25) is 4.79 Å². The molecule has 0 spiro atoms. The highest BCUT2D eigenvalue weighted by Gasteiger charge is 2.31. The Morgan fingerprint density at radius 3 is 2.50 bits per heavy atom. The number of ether oxygens (including phenoxy) is 1. The van der Waals surface area contributed by atoms with Crippen molar-refractivity contribution in [3.05, 3.63) is 46.4 Å². The molecule has 8 nitrogen and oxygen atoms in total. The molecule has 30 heavy (non-hydrogen) atoms. The van der Waals surface area contributed by atoms with Crippen molar-refractivity contribution in [3.8, 4) is 11.6 Å². The summed E-state index contributed by atoms with van der Waals surface area (Å²) in [7, 11) is -4.13. The van der Waals surface area contributed by atoms with Gasteiger partial charge in [-0.05, 0) is 18.2 Å². The van der Waals surface area contributed by atoms with Gasteiger partial charge < -0.3 is 4.74 Å². The zero-order valence-corrected chi connectivity index (χ0v) is 15.7. The number of hydrogen-bond donors (Lipinski definition) is 0. The molecule has 0 bridgehead atoms. The number of benzene rings is 1. The van der Waals surface area contributed by atoms with Gasteiger partial charge in [0, 0.05) is 6.07 Å². The predicted molar refractivity (Wildman–Crippen MR) is 92.3 cm³/mol. The standard InChI is InChI=1S/C16H11F5N4O4S/c1-2-30(27,28)12-6-9(29-15(17)18)7-22-13(12)25-14(26)10-5-8(16(19,20)21)3-4-11(10)23-24-25/h3-7,15H,2H2,1H3. The third-order valence-electron chi connectivity index (χ3n) is 3.94. The normalized spacial score (nSPS) is 12.5. The van der Waals surface area contributed by atoms with E-state index in [-0.39, 0.29) is 5.52 Å². The van der Waals surface area contributed by atoms with E-state index in [0.717, 1.165) is 18.3 Å². The molecule has 0 saturated carbocycles. The van der Waals surface area contributed by atoms with E-state index in [1.807, 2.05) is 0 Å². The van der Waals surface area contributed by atoms with Gasteiger partial charge in [0.25, 0.3) is 5.56 Å². The van der Waals surface area contributed by atoms with E-state index >= 15 is 0 Å². The van der Waals surface area contributed by atoms with Crippen LogP contribution in [0.25, 0.3) is 16.7 Å². The van der Waals surface area contributed by atoms with Crippen LogP contribution in [-0.2, 0) is 16.0 Å². The first-order valence-electron chi connectivity index (χ1n) is 8.09. The largest absolute Gasteiger partial charge is 0.433 e. The molecule has 0 unspecified atom stereocenters. The maximum atomic E-state index is 13.0. The Labute approximate surface area is 164 Å². The average Bonchev–Trinajstić information content (AvgIpc) is 2.67. The number of alkyl halides is 5. The van der Waals surface area contributed by atoms with Crippen LogP contribution in [-0.4, -0.2) is 40.8 Å². The van der Waals surface area contributed by atoms with Gasteiger partial charge >= 0.3 is 12.8 Å². The Morgan fingerprint density at radius 1 is 1.20 bits per heavy atom. The summed E-state index contributed by atoms with van der Waals surface area (Å²) >= 11 is 0. The van der Waals surface area contributed by atoms with Gasteiger partial charge in [-0.2, -0.15) is 26.6 Å². The van der Waals surface area contributed by atoms with Crippen molar-refractivity contribution in [2.75, 3.05) is 5.75 Å². The molecule has 3 aromatic rings. The van der Waals surface area contributed by atoms with Crippen molar-refractivity contribution in [1.82, 2.24) is 20.0 Å². The van der Waals surface area contributed by atoms with Crippen molar-refractivity contribution >= 4 is 20.7 Å². The minimum absolute atomic E-state index is 0.165. The number of fused-ring (bicyclic) bond motifs is 1. The molecule has 0 saturated heterocycles. The Bertz CT molecular complexity index is 1270. The monoisotopic (exact) mass is 450 g/mol. The van der Waals surface area contributed by atoms with Gasteiger partial charge in [0.1, 0.15) is 16.2 Å². The minimum atomic E-state index is -4.74. The summed E-state index contributed by atoms with van der Waals surface area (Å²) in [6, 6.07) is 2.92. The Balaban J connectivity index is 2.29. The lowest BCUT2D eigenvalue weighted by molar-refractivity contribution is -0.137. The number of pyridine rings is 1. The molecule has 14 heteroatoms. The second-order valence-electron chi connectivity index (χ2n) is 5.81. The molecule has 0 aliphatic rings. The van der Waals surface area contributed by atoms with Gasteiger partial charge in [0.05, 0.1) is 22.9 Å². The van der Waals surface area contributed by atoms with Crippen molar-refractivity contribution in [3.63, 3.8) is 0 Å². The van der Waals surface area contributed by atoms with E-state index in [0.29, 0.717) is 16.8 Å². The van der Waals surface area contributed by atoms with Crippen LogP contribution in [0.2, 0.25) is 0 Å². The fraction of sp³-hybridized carbons (Fsp3) is 0.250. The lowest BCUT2D eigenvalue weighted by atomic mass is 10.1. The summed E-state index contributed by atoms with van der Waals surface area (Å²) in [5.74, 6) is -1.70. The van der Waals surface area contributed by atoms with Crippen LogP contribution in [0.5, 0.6) is 5.75 Å². The molecule has 0 atom stereocenters. The molecule has 2 heterocycles. The van der Waals surface area contributed by atoms with E-state index in [9.17, 15) is 35.2 Å². The lowest BCUT2D eigenvalue weighted by Crippen LogP contribution is -2.26. The molecule has 0 amide bonds. The smallest absolute Gasteiger partial charge is 0.416 e. The molecule has 0 aliphatic heterocycles. The van der Waals surface area contributed by atoms with Gasteiger partial charge in [0.15, 0.2) is 15.7 Å². The van der Waals surface area contributed by atoms with Gasteiger partial charge in [-0.15, -0.1) is 5.10 Å². The van der Waals surface area contributed by atoms with Crippen LogP contribution in [0.1, 0.15) is 12.5 Å². The number of hydrogen-bond acceptors (Lipinski definition) is 7. The summed E-state index contributed by atoms with van der Waals surface area (Å²) in [5.41, 5.74) is -2.42. The topological polar surface area (TPSA) is 104 Å². The third-order valence-corrected chi connectivity index (χ3v) is 5.67. The maximum Gasteiger partial charge on any atom is 0.416 e. The first kappa shape index (κ1) is 21.5. The van der Waals surface area contributed by atoms with Gasteiger partial charge in [-0.25, -0.2) is 13.4 Å². The number of nitrogens with zero attached hydrogens (tertiary/aromatic N) is 4. The predicted octanol–water partition coefficient (Wildman–Crippen LogP) is 2.59. The summed E-state index contributed by atoms with van der Waals surface area (Å²) in [4.78, 5) is 15.7. The van der Waals surface area contributed by atoms with E-state index in [1.54, 1.807) is 0 Å². The molecule has 0 radical (unpaired) electrons. The second-order valence-corrected chi connectivity index (χ2v) is 8.06. The highest BCUT2D eigenvalue weighted by molar-refractivity contribution is 7.91. The molecule has 1 aromatic carbocycles. The van der Waals surface area contributed by atoms with Crippen molar-refractivity contribution in [1.29, 1.82) is 0 Å². The Hall–Kier alpha value is -3.16. The fourth-order valence-electron chi connectivity index (χ4n) is 2.49. The van der Waals surface area contributed by atoms with Crippen LogP contribution < -0.4 is 10.3 Å². The zero-order chi connectivity index (χ0) is 22.3. The summed E-state index contributed by atoms with van der Waals surface area (Å²) < 4.78 is 93.2. The highest BCUT2D eigenvalue weighted by atomic mass is 32.2. The van der Waals surface area contributed by atoms with E-state index in [1.165, 1.54) is 6.92 Å². The molecular formula is C16H11F5N4O4S. The van der Waals surface area contributed by atoms with Crippen LogP contribution in [0.4, 0.5) is 22.0 Å². The molecular weight excluding hydrogens is 439 g/mol. The van der Waals surface area contributed by atoms with Gasteiger partial charge in [0.2, 0.25) is 0 Å². The third kappa shape index (κ3) is 4.08. The van der Waals surface area contributed by atoms with Crippen molar-refractivity contribution < 1.29 is 35.1 Å². The number of rotatable bonds is 5. The summed E-state index contributed by atoms with van der Waals surface area (Å²) in [6.45, 7) is -2.01. The van der Waals surface area contributed by atoms with Crippen LogP contribution in [0.3, 0.4) is 0 Å². The molecule has 0 N–H and O–H groups in total. The zero-order valence-electron chi connectivity index (χ0n) is 14.9. The second kappa shape index (κ2) is 7.59. The first-order chi connectivity index (χ1) is 13.9. The molecule has 0 aliphatic carbocycles. The number of halogens is 5. The fourth-order valence-corrected chi connectivity index (χ4v) is 3.51. The minimum Gasteiger partial charge on any atom is -0.433 e. The molecule has 160 valence electrons. The molecule has 2 aromatic heterocycles. The molecule has 3 rings (SSSR count). The van der Waals surface area contributed by atoms with Crippen molar-refractivity contribution in [2.45, 2.75) is 24.6 Å². The average molecular weight is 450 g/mol. The SMILES string of the molecule is CCS(=O)(=O)c1cc(OC(F)F)cnc1-n1nnc2ccc(C(F)(F)F)cc2c1=O. The van der Waals surface area contributed by atoms with Crippen LogP contribution in [0, 0.1) is 0 Å². The van der Waals surface area contributed by atoms with E-state index in [4.69, 9.17) is 0 Å². The molecule has 0 fully saturated rings. The lowest BCUT2D eigenvalue weighted by Gasteiger charge is -2.12. The Kier molecular flexibility index (Phi) is 5.45. The van der Waals surface area contributed by atoms with Crippen LogP contribution in [0.15, 0.2) is 40.2 Å². The van der Waals surface area contributed by atoms with Crippen LogP contribution >= 0.6 is 0 Å². The Morgan fingerprint density at radius 2 is 1.90 bits per heavy atom. The quantitative estimate of drug-likeness (QED) is 0.551. The summed E-state index contributed by atoms with van der Waals surface area (Å²) in [6.07, 6.45) is -4.02. The van der Waals surface area contributed by atoms with Gasteiger partial charge in [-0.1, -0.05) is 12.1 Å². The van der Waals surface area contributed by atoms with Crippen molar-refractivity contribution in [2.24, 2.45) is 0 Å². The first-order valence-corrected chi connectivity index (χ1v) is 9.74. The van der Waals surface area contributed by atoms with E-state index in [2.05, 4.69) is 20.0 Å². The number of aromatic nitrogens is 4.